The molecule has 0 atom stereocenters. The second-order valence-electron chi connectivity index (χ2n) is 5.26. The first-order chi connectivity index (χ1) is 8.50. The minimum Gasteiger partial charge on any atom is -0.481 e. The van der Waals surface area contributed by atoms with Crippen LogP contribution in [-0.4, -0.2) is 21.0 Å². The summed E-state index contributed by atoms with van der Waals surface area (Å²) in [5, 5.41) is 8.99. The predicted octanol–water partition coefficient (Wildman–Crippen LogP) is 2.28. The summed E-state index contributed by atoms with van der Waals surface area (Å²) in [5.74, 6) is 0.0960. The van der Waals surface area contributed by atoms with Gasteiger partial charge in [-0.25, -0.2) is 9.97 Å². The first-order valence-corrected chi connectivity index (χ1v) is 6.61. The van der Waals surface area contributed by atoms with E-state index in [4.69, 9.17) is 5.11 Å². The number of aryl methyl sites for hydroxylation is 2. The normalized spacial score (nSPS) is 16.6. The van der Waals surface area contributed by atoms with Crippen LogP contribution in [-0.2, 0) is 29.5 Å². The van der Waals surface area contributed by atoms with Crippen LogP contribution in [0.3, 0.4) is 0 Å². The van der Waals surface area contributed by atoms with Crippen LogP contribution in [0.5, 0.6) is 0 Å². The fraction of sp³-hybridized carbons (Fsp3) is 0.643. The molecule has 2 rings (SSSR count). The Morgan fingerprint density at radius 3 is 2.06 bits per heavy atom. The predicted molar refractivity (Wildman–Crippen MR) is 68.7 cm³/mol. The second-order valence-corrected chi connectivity index (χ2v) is 5.26. The molecule has 4 heteroatoms. The average Bonchev–Trinajstić information content (AvgIpc) is 3.08. The number of nitrogens with zero attached hydrogens (tertiary/aromatic N) is 2. The largest absolute Gasteiger partial charge is 0.481 e. The van der Waals surface area contributed by atoms with Crippen molar-refractivity contribution in [3.63, 3.8) is 0 Å². The standard InChI is InChI=1S/C14H20N2O2/c1-4-10-9(8-12(17)18)11(5-2)16-13(15-10)14(3)6-7-14/h4-8H2,1-3H3,(H,17,18). The fourth-order valence-electron chi connectivity index (χ4n) is 2.20. The first kappa shape index (κ1) is 13.0. The van der Waals surface area contributed by atoms with E-state index in [0.29, 0.717) is 0 Å². The van der Waals surface area contributed by atoms with E-state index >= 15 is 0 Å². The van der Waals surface area contributed by atoms with Gasteiger partial charge in [-0.2, -0.15) is 0 Å². The zero-order chi connectivity index (χ0) is 13.3. The SMILES string of the molecule is CCc1nc(C2(C)CC2)nc(CC)c1CC(=O)O. The number of hydrogen-bond acceptors (Lipinski definition) is 3. The van der Waals surface area contributed by atoms with E-state index in [9.17, 15) is 4.79 Å². The topological polar surface area (TPSA) is 63.1 Å². The Bertz CT molecular complexity index is 454. The van der Waals surface area contributed by atoms with Crippen LogP contribution < -0.4 is 0 Å². The molecule has 4 nitrogen and oxygen atoms in total. The van der Waals surface area contributed by atoms with Crippen molar-refractivity contribution in [2.75, 3.05) is 0 Å². The van der Waals surface area contributed by atoms with Gasteiger partial charge in [0.15, 0.2) is 0 Å². The lowest BCUT2D eigenvalue weighted by molar-refractivity contribution is -0.136. The van der Waals surface area contributed by atoms with Crippen molar-refractivity contribution in [1.29, 1.82) is 0 Å². The van der Waals surface area contributed by atoms with E-state index in [1.54, 1.807) is 0 Å². The van der Waals surface area contributed by atoms with Gasteiger partial charge in [-0.15, -0.1) is 0 Å². The lowest BCUT2D eigenvalue weighted by Gasteiger charge is -2.15. The molecule has 1 N–H and O–H groups in total. The molecule has 1 heterocycles. The third kappa shape index (κ3) is 2.37. The molecular formula is C14H20N2O2. The van der Waals surface area contributed by atoms with Crippen molar-refractivity contribution in [2.24, 2.45) is 0 Å². The van der Waals surface area contributed by atoms with Crippen LogP contribution in [0.2, 0.25) is 0 Å². The highest BCUT2D eigenvalue weighted by Gasteiger charge is 2.42. The van der Waals surface area contributed by atoms with E-state index in [1.807, 2.05) is 13.8 Å². The second kappa shape index (κ2) is 4.67. The number of carboxylic acid groups (broad SMARTS) is 1. The van der Waals surface area contributed by atoms with E-state index in [0.717, 1.165) is 48.5 Å². The molecule has 0 spiro atoms. The molecule has 1 aliphatic carbocycles. The molecule has 1 aliphatic rings. The lowest BCUT2D eigenvalue weighted by atomic mass is 10.0. The number of carboxylic acids is 1. The Labute approximate surface area is 107 Å². The Hall–Kier alpha value is -1.45. The quantitative estimate of drug-likeness (QED) is 0.868. The number of rotatable bonds is 5. The molecule has 0 amide bonds. The van der Waals surface area contributed by atoms with Crippen LogP contribution in [0.15, 0.2) is 0 Å². The monoisotopic (exact) mass is 248 g/mol. The summed E-state index contributed by atoms with van der Waals surface area (Å²) in [5.41, 5.74) is 2.77. The van der Waals surface area contributed by atoms with Crippen molar-refractivity contribution in [2.45, 2.75) is 58.3 Å². The lowest BCUT2D eigenvalue weighted by Crippen LogP contribution is -2.16. The summed E-state index contributed by atoms with van der Waals surface area (Å²) in [6.45, 7) is 6.22. The highest BCUT2D eigenvalue weighted by atomic mass is 16.4. The Kier molecular flexibility index (Phi) is 3.37. The molecule has 18 heavy (non-hydrogen) atoms. The maximum Gasteiger partial charge on any atom is 0.307 e. The van der Waals surface area contributed by atoms with Crippen molar-refractivity contribution >= 4 is 5.97 Å². The van der Waals surface area contributed by atoms with Crippen molar-refractivity contribution in [3.05, 3.63) is 22.8 Å². The molecule has 0 radical (unpaired) electrons. The van der Waals surface area contributed by atoms with Crippen molar-refractivity contribution < 1.29 is 9.90 Å². The smallest absolute Gasteiger partial charge is 0.307 e. The molecule has 1 fully saturated rings. The van der Waals surface area contributed by atoms with Crippen LogP contribution in [0, 0.1) is 0 Å². The van der Waals surface area contributed by atoms with Gasteiger partial charge in [0.25, 0.3) is 0 Å². The average molecular weight is 248 g/mol. The Morgan fingerprint density at radius 1 is 1.22 bits per heavy atom. The van der Waals surface area contributed by atoms with Gasteiger partial charge in [0.2, 0.25) is 0 Å². The van der Waals surface area contributed by atoms with Crippen LogP contribution in [0.25, 0.3) is 0 Å². The third-order valence-corrected chi connectivity index (χ3v) is 3.72. The van der Waals surface area contributed by atoms with Gasteiger partial charge in [0, 0.05) is 22.4 Å². The zero-order valence-electron chi connectivity index (χ0n) is 11.3. The molecule has 98 valence electrons. The minimum absolute atomic E-state index is 0.0311. The summed E-state index contributed by atoms with van der Waals surface area (Å²) in [7, 11) is 0. The van der Waals surface area contributed by atoms with Crippen molar-refractivity contribution in [1.82, 2.24) is 9.97 Å². The summed E-state index contributed by atoms with van der Waals surface area (Å²) < 4.78 is 0. The number of aliphatic carboxylic acids is 1. The number of carbonyl (C=O) groups is 1. The van der Waals surface area contributed by atoms with Gasteiger partial charge in [-0.1, -0.05) is 20.8 Å². The van der Waals surface area contributed by atoms with Gasteiger partial charge >= 0.3 is 5.97 Å². The summed E-state index contributed by atoms with van der Waals surface area (Å²) >= 11 is 0. The zero-order valence-corrected chi connectivity index (χ0v) is 11.3. The molecule has 1 aromatic heterocycles. The summed E-state index contributed by atoms with van der Waals surface area (Å²) in [4.78, 5) is 20.2. The number of hydrogen-bond donors (Lipinski definition) is 1. The molecule has 1 aromatic rings. The van der Waals surface area contributed by atoms with Crippen LogP contribution >= 0.6 is 0 Å². The fourth-order valence-corrected chi connectivity index (χ4v) is 2.20. The third-order valence-electron chi connectivity index (χ3n) is 3.72. The molecule has 0 unspecified atom stereocenters. The Morgan fingerprint density at radius 2 is 1.72 bits per heavy atom. The van der Waals surface area contributed by atoms with Gasteiger partial charge in [0.05, 0.1) is 6.42 Å². The minimum atomic E-state index is -0.812. The van der Waals surface area contributed by atoms with Gasteiger partial charge in [0.1, 0.15) is 5.82 Å². The van der Waals surface area contributed by atoms with E-state index < -0.39 is 5.97 Å². The molecule has 0 bridgehead atoms. The van der Waals surface area contributed by atoms with Crippen LogP contribution in [0.4, 0.5) is 0 Å². The Balaban J connectivity index is 2.48. The summed E-state index contributed by atoms with van der Waals surface area (Å²) in [6.07, 6.45) is 3.83. The molecule has 0 saturated heterocycles. The van der Waals surface area contributed by atoms with E-state index in [-0.39, 0.29) is 11.8 Å². The molecular weight excluding hydrogens is 228 g/mol. The highest BCUT2D eigenvalue weighted by Crippen LogP contribution is 2.46. The molecule has 0 aliphatic heterocycles. The maximum atomic E-state index is 10.9. The van der Waals surface area contributed by atoms with Crippen LogP contribution in [0.1, 0.15) is 56.4 Å². The van der Waals surface area contributed by atoms with E-state index in [1.165, 1.54) is 0 Å². The van der Waals surface area contributed by atoms with Gasteiger partial charge in [-0.05, 0) is 25.7 Å². The summed E-state index contributed by atoms with van der Waals surface area (Å²) in [6, 6.07) is 0. The molecule has 1 saturated carbocycles. The van der Waals surface area contributed by atoms with Gasteiger partial charge < -0.3 is 5.11 Å². The maximum absolute atomic E-state index is 10.9. The highest BCUT2D eigenvalue weighted by molar-refractivity contribution is 5.71. The molecule has 0 aromatic carbocycles. The first-order valence-electron chi connectivity index (χ1n) is 6.61. The van der Waals surface area contributed by atoms with Crippen molar-refractivity contribution in [3.8, 4) is 0 Å². The number of aromatic nitrogens is 2. The van der Waals surface area contributed by atoms with E-state index in [2.05, 4.69) is 16.9 Å². The van der Waals surface area contributed by atoms with Gasteiger partial charge in [-0.3, -0.25) is 4.79 Å².